The highest BCUT2D eigenvalue weighted by Crippen LogP contribution is 2.27. The van der Waals surface area contributed by atoms with Crippen LogP contribution in [0.2, 0.25) is 0 Å². The summed E-state index contributed by atoms with van der Waals surface area (Å²) in [6, 6.07) is -0.965. The van der Waals surface area contributed by atoms with Gasteiger partial charge in [-0.2, -0.15) is 0 Å². The minimum atomic E-state index is -1.53. The van der Waals surface area contributed by atoms with Gasteiger partial charge < -0.3 is 31.5 Å². The average Bonchev–Trinajstić information content (AvgIpc) is 2.92. The summed E-state index contributed by atoms with van der Waals surface area (Å²) >= 11 is 0. The fourth-order valence-electron chi connectivity index (χ4n) is 4.91. The summed E-state index contributed by atoms with van der Waals surface area (Å²) < 4.78 is 0. The molecule has 1 heterocycles. The van der Waals surface area contributed by atoms with Crippen molar-refractivity contribution in [1.29, 1.82) is 0 Å². The number of amides is 4. The maximum atomic E-state index is 13.5. The molecule has 1 saturated carbocycles. The Balaban J connectivity index is 2.29. The Kier molecular flexibility index (Phi) is 13.2. The lowest BCUT2D eigenvalue weighted by molar-refractivity contribution is -0.141. The lowest BCUT2D eigenvalue weighted by Crippen LogP contribution is -2.57. The van der Waals surface area contributed by atoms with E-state index < -0.39 is 65.8 Å². The molecule has 0 unspecified atom stereocenters. The van der Waals surface area contributed by atoms with E-state index in [1.54, 1.807) is 6.92 Å². The Hall–Kier alpha value is -4.03. The second-order valence-corrected chi connectivity index (χ2v) is 10.7. The van der Waals surface area contributed by atoms with Crippen molar-refractivity contribution in [1.82, 2.24) is 26.3 Å². The number of carbonyl (C=O) groups is 6. The van der Waals surface area contributed by atoms with Crippen molar-refractivity contribution in [2.24, 2.45) is 11.8 Å². The zero-order chi connectivity index (χ0) is 30.5. The van der Waals surface area contributed by atoms with Gasteiger partial charge in [-0.15, -0.1) is 0 Å². The van der Waals surface area contributed by atoms with Crippen LogP contribution in [0.1, 0.15) is 93.0 Å². The van der Waals surface area contributed by atoms with E-state index in [1.165, 1.54) is 18.3 Å². The largest absolute Gasteiger partial charge is 0.481 e. The molecule has 1 aliphatic carbocycles. The fraction of sp³-hybridized carbons (Fsp3) is 0.607. The van der Waals surface area contributed by atoms with E-state index in [2.05, 4.69) is 26.3 Å². The summed E-state index contributed by atoms with van der Waals surface area (Å²) in [6.07, 6.45) is 5.62. The maximum Gasteiger partial charge on any atom is 0.355 e. The van der Waals surface area contributed by atoms with Crippen molar-refractivity contribution in [2.45, 2.75) is 90.3 Å². The van der Waals surface area contributed by atoms with Crippen LogP contribution in [-0.2, 0) is 19.2 Å². The van der Waals surface area contributed by atoms with E-state index in [4.69, 9.17) is 0 Å². The number of hydrogen-bond acceptors (Lipinski definition) is 7. The van der Waals surface area contributed by atoms with Crippen LogP contribution in [0.4, 0.5) is 0 Å². The van der Waals surface area contributed by atoms with Crippen LogP contribution >= 0.6 is 0 Å². The minimum Gasteiger partial charge on any atom is -0.481 e. The van der Waals surface area contributed by atoms with Gasteiger partial charge in [-0.1, -0.05) is 46.0 Å². The van der Waals surface area contributed by atoms with Crippen molar-refractivity contribution in [3.63, 3.8) is 0 Å². The van der Waals surface area contributed by atoms with E-state index in [9.17, 15) is 39.0 Å². The second kappa shape index (κ2) is 16.3. The lowest BCUT2D eigenvalue weighted by Gasteiger charge is -2.28. The highest BCUT2D eigenvalue weighted by Gasteiger charge is 2.33. The number of carbonyl (C=O) groups excluding carboxylic acids is 4. The number of nitrogens with one attached hydrogen (secondary N) is 4. The topological polar surface area (TPSA) is 204 Å². The van der Waals surface area contributed by atoms with Crippen molar-refractivity contribution in [3.05, 3.63) is 29.6 Å². The number of aromatic carboxylic acids is 1. The summed E-state index contributed by atoms with van der Waals surface area (Å²) in [7, 11) is 0. The Morgan fingerprint density at radius 3 is 2.12 bits per heavy atom. The smallest absolute Gasteiger partial charge is 0.355 e. The summed E-state index contributed by atoms with van der Waals surface area (Å²) in [5, 5.41) is 29.1. The Labute approximate surface area is 239 Å². The molecule has 226 valence electrons. The minimum absolute atomic E-state index is 0.0358. The van der Waals surface area contributed by atoms with Crippen LogP contribution in [0.5, 0.6) is 0 Å². The molecule has 6 N–H and O–H groups in total. The lowest BCUT2D eigenvalue weighted by atomic mass is 9.84. The monoisotopic (exact) mass is 575 g/mol. The summed E-state index contributed by atoms with van der Waals surface area (Å²) in [6.45, 7) is 5.80. The van der Waals surface area contributed by atoms with Gasteiger partial charge in [0.25, 0.3) is 5.91 Å². The number of carboxylic acids is 2. The molecule has 1 aromatic heterocycles. The number of hydrogen-bond donors (Lipinski definition) is 6. The first-order valence-corrected chi connectivity index (χ1v) is 14.0. The van der Waals surface area contributed by atoms with Gasteiger partial charge >= 0.3 is 11.9 Å². The normalized spacial score (nSPS) is 15.7. The number of rotatable bonds is 15. The fourth-order valence-corrected chi connectivity index (χ4v) is 4.91. The van der Waals surface area contributed by atoms with Gasteiger partial charge in [-0.05, 0) is 43.7 Å². The number of aromatic nitrogens is 1. The first-order valence-electron chi connectivity index (χ1n) is 14.0. The molecule has 0 saturated heterocycles. The Morgan fingerprint density at radius 2 is 1.54 bits per heavy atom. The summed E-state index contributed by atoms with van der Waals surface area (Å²) in [5.74, 6) is -5.53. The van der Waals surface area contributed by atoms with Crippen LogP contribution in [-0.4, -0.2) is 75.4 Å². The molecule has 0 spiro atoms. The third-order valence-corrected chi connectivity index (χ3v) is 6.87. The molecule has 3 atom stereocenters. The molecule has 0 radical (unpaired) electrons. The SMILES string of the molecule is CCNC(=O)[C@H](CC(C)C)NC(=O)[C@H](CC(=O)O)NC(=O)[C@H](CC1CCCCC1)NC(=O)c1cccnc1C(=O)O. The van der Waals surface area contributed by atoms with Crippen molar-refractivity contribution >= 4 is 35.6 Å². The van der Waals surface area contributed by atoms with E-state index in [-0.39, 0.29) is 23.8 Å². The standard InChI is InChI=1S/C28H41N5O8/c1-4-29-25(37)19(13-16(2)3)32-27(39)21(15-22(34)35)33-26(38)20(14-17-9-6-5-7-10-17)31-24(36)18-11-8-12-30-23(18)28(40)41/h8,11-12,16-17,19-21H,4-7,9-10,13-15H2,1-3H3,(H,29,37)(H,31,36)(H,32,39)(H,33,38)(H,34,35)(H,40,41)/t19-,20-,21-/m0/s1. The summed E-state index contributed by atoms with van der Waals surface area (Å²) in [4.78, 5) is 79.2. The van der Waals surface area contributed by atoms with Gasteiger partial charge in [0.05, 0.1) is 12.0 Å². The van der Waals surface area contributed by atoms with Gasteiger partial charge in [0.15, 0.2) is 5.69 Å². The Morgan fingerprint density at radius 1 is 0.902 bits per heavy atom. The highest BCUT2D eigenvalue weighted by atomic mass is 16.4. The van der Waals surface area contributed by atoms with Gasteiger partial charge in [0.2, 0.25) is 17.7 Å². The van der Waals surface area contributed by atoms with E-state index in [0.717, 1.165) is 32.1 Å². The molecule has 41 heavy (non-hydrogen) atoms. The molecule has 1 aromatic rings. The molecule has 1 aliphatic rings. The van der Waals surface area contributed by atoms with E-state index >= 15 is 0 Å². The number of pyridine rings is 1. The first kappa shape index (κ1) is 33.2. The first-order chi connectivity index (χ1) is 19.4. The van der Waals surface area contributed by atoms with Crippen LogP contribution in [0, 0.1) is 11.8 Å². The molecule has 0 aliphatic heterocycles. The number of carboxylic acid groups (broad SMARTS) is 2. The van der Waals surface area contributed by atoms with E-state index in [1.807, 2.05) is 13.8 Å². The Bertz CT molecular complexity index is 1100. The van der Waals surface area contributed by atoms with E-state index in [0.29, 0.717) is 13.0 Å². The number of aliphatic carboxylic acids is 1. The third-order valence-electron chi connectivity index (χ3n) is 6.87. The predicted octanol–water partition coefficient (Wildman–Crippen LogP) is 1.48. The number of likely N-dealkylation sites (N-methyl/N-ethyl adjacent to an activating group) is 1. The molecule has 2 rings (SSSR count). The van der Waals surface area contributed by atoms with Crippen LogP contribution in [0.3, 0.4) is 0 Å². The molecular weight excluding hydrogens is 534 g/mol. The predicted molar refractivity (Wildman–Crippen MR) is 148 cm³/mol. The van der Waals surface area contributed by atoms with Gasteiger partial charge in [-0.25, -0.2) is 9.78 Å². The average molecular weight is 576 g/mol. The van der Waals surface area contributed by atoms with Crippen molar-refractivity contribution < 1.29 is 39.0 Å². The van der Waals surface area contributed by atoms with Crippen LogP contribution in [0.15, 0.2) is 18.3 Å². The third kappa shape index (κ3) is 10.8. The molecule has 13 heteroatoms. The highest BCUT2D eigenvalue weighted by molar-refractivity contribution is 6.05. The quantitative estimate of drug-likeness (QED) is 0.179. The molecule has 0 aromatic carbocycles. The number of nitrogens with zero attached hydrogens (tertiary/aromatic N) is 1. The van der Waals surface area contributed by atoms with Gasteiger partial charge in [0.1, 0.15) is 18.1 Å². The van der Waals surface area contributed by atoms with Crippen molar-refractivity contribution in [2.75, 3.05) is 6.54 Å². The molecule has 1 fully saturated rings. The molecule has 13 nitrogen and oxygen atoms in total. The van der Waals surface area contributed by atoms with Gasteiger partial charge in [-0.3, -0.25) is 24.0 Å². The molecule has 4 amide bonds. The molecular formula is C28H41N5O8. The zero-order valence-corrected chi connectivity index (χ0v) is 23.8. The van der Waals surface area contributed by atoms with Crippen LogP contribution in [0.25, 0.3) is 0 Å². The zero-order valence-electron chi connectivity index (χ0n) is 23.8. The summed E-state index contributed by atoms with van der Waals surface area (Å²) in [5.41, 5.74) is -0.716. The van der Waals surface area contributed by atoms with Crippen LogP contribution < -0.4 is 21.3 Å². The van der Waals surface area contributed by atoms with Crippen molar-refractivity contribution in [3.8, 4) is 0 Å². The second-order valence-electron chi connectivity index (χ2n) is 10.7. The molecule has 0 bridgehead atoms. The maximum absolute atomic E-state index is 13.5. The van der Waals surface area contributed by atoms with Gasteiger partial charge in [0, 0.05) is 12.7 Å².